The van der Waals surface area contributed by atoms with Gasteiger partial charge in [-0.3, -0.25) is 4.98 Å². The van der Waals surface area contributed by atoms with Crippen molar-refractivity contribution in [3.8, 4) is 0 Å². The van der Waals surface area contributed by atoms with E-state index >= 15 is 0 Å². The summed E-state index contributed by atoms with van der Waals surface area (Å²) in [5.41, 5.74) is 2.28. The quantitative estimate of drug-likeness (QED) is 0.836. The van der Waals surface area contributed by atoms with Crippen LogP contribution in [0.1, 0.15) is 42.0 Å². The van der Waals surface area contributed by atoms with Gasteiger partial charge in [0.1, 0.15) is 0 Å². The van der Waals surface area contributed by atoms with Crippen LogP contribution in [0.2, 0.25) is 0 Å². The van der Waals surface area contributed by atoms with Crippen LogP contribution in [0, 0.1) is 0 Å². The number of nitrogens with zero attached hydrogens (tertiary/aromatic N) is 1. The number of rotatable bonds is 5. The van der Waals surface area contributed by atoms with Crippen LogP contribution >= 0.6 is 38.6 Å². The fourth-order valence-electron chi connectivity index (χ4n) is 2.60. The van der Waals surface area contributed by atoms with Crippen LogP contribution in [0.4, 0.5) is 0 Å². The van der Waals surface area contributed by atoms with Gasteiger partial charge in [-0.25, -0.2) is 0 Å². The minimum Gasteiger partial charge on any atom is -0.308 e. The molecule has 0 aromatic carbocycles. The molecule has 1 aliphatic carbocycles. The standard InChI is InChI=1S/C14H17BrN2S2/c1-10(11-7-16-9-18-11)17-8-14(5-2-6-14)12-3-4-13(15)19-12/h3-4,7,9-10,17H,2,5-6,8H2,1H3. The monoisotopic (exact) mass is 356 g/mol. The minimum atomic E-state index is 0.371. The highest BCUT2D eigenvalue weighted by atomic mass is 79.9. The van der Waals surface area contributed by atoms with Crippen molar-refractivity contribution in [3.05, 3.63) is 37.4 Å². The van der Waals surface area contributed by atoms with E-state index in [-0.39, 0.29) is 0 Å². The lowest BCUT2D eigenvalue weighted by Crippen LogP contribution is -2.43. The smallest absolute Gasteiger partial charge is 0.0794 e. The van der Waals surface area contributed by atoms with Gasteiger partial charge in [0.05, 0.1) is 9.30 Å². The van der Waals surface area contributed by atoms with E-state index in [0.29, 0.717) is 11.5 Å². The second kappa shape index (κ2) is 5.64. The van der Waals surface area contributed by atoms with Gasteiger partial charge in [-0.2, -0.15) is 0 Å². The SMILES string of the molecule is CC(NCC1(c2ccc(Br)s2)CCC1)c1cncs1. The Kier molecular flexibility index (Phi) is 4.08. The van der Waals surface area contributed by atoms with Crippen molar-refractivity contribution in [1.82, 2.24) is 10.3 Å². The molecule has 1 aliphatic rings. The van der Waals surface area contributed by atoms with Crippen molar-refractivity contribution in [1.29, 1.82) is 0 Å². The summed E-state index contributed by atoms with van der Waals surface area (Å²) in [6, 6.07) is 4.85. The van der Waals surface area contributed by atoms with Gasteiger partial charge in [0.2, 0.25) is 0 Å². The predicted molar refractivity (Wildman–Crippen MR) is 86.1 cm³/mol. The largest absolute Gasteiger partial charge is 0.308 e. The lowest BCUT2D eigenvalue weighted by Gasteiger charge is -2.42. The highest BCUT2D eigenvalue weighted by molar-refractivity contribution is 9.11. The molecule has 0 bridgehead atoms. The Hall–Kier alpha value is -0.230. The number of hydrogen-bond donors (Lipinski definition) is 1. The molecule has 2 heterocycles. The van der Waals surface area contributed by atoms with Crippen molar-refractivity contribution in [2.24, 2.45) is 0 Å². The predicted octanol–water partition coefficient (Wildman–Crippen LogP) is 4.74. The van der Waals surface area contributed by atoms with Gasteiger partial charge in [-0.15, -0.1) is 22.7 Å². The summed E-state index contributed by atoms with van der Waals surface area (Å²) in [5.74, 6) is 0. The van der Waals surface area contributed by atoms with Crippen LogP contribution in [-0.2, 0) is 5.41 Å². The maximum atomic E-state index is 4.16. The van der Waals surface area contributed by atoms with E-state index in [9.17, 15) is 0 Å². The Morgan fingerprint density at radius 1 is 1.47 bits per heavy atom. The molecule has 1 saturated carbocycles. The third kappa shape index (κ3) is 2.79. The van der Waals surface area contributed by atoms with Crippen LogP contribution in [0.5, 0.6) is 0 Å². The summed E-state index contributed by atoms with van der Waals surface area (Å²) in [6.07, 6.45) is 5.94. The number of hydrogen-bond acceptors (Lipinski definition) is 4. The zero-order valence-corrected chi connectivity index (χ0v) is 14.1. The number of aromatic nitrogens is 1. The zero-order chi connectivity index (χ0) is 13.3. The fraction of sp³-hybridized carbons (Fsp3) is 0.500. The van der Waals surface area contributed by atoms with Gasteiger partial charge in [0.15, 0.2) is 0 Å². The number of thiophene rings is 1. The molecule has 2 aromatic heterocycles. The molecule has 1 fully saturated rings. The van der Waals surface area contributed by atoms with Gasteiger partial charge >= 0.3 is 0 Å². The molecule has 1 unspecified atom stereocenters. The number of nitrogens with one attached hydrogen (secondary N) is 1. The molecule has 1 N–H and O–H groups in total. The first-order valence-electron chi connectivity index (χ1n) is 6.57. The van der Waals surface area contributed by atoms with E-state index < -0.39 is 0 Å². The molecule has 2 aromatic rings. The molecule has 2 nitrogen and oxygen atoms in total. The summed E-state index contributed by atoms with van der Waals surface area (Å²) < 4.78 is 1.24. The van der Waals surface area contributed by atoms with Gasteiger partial charge in [0, 0.05) is 34.0 Å². The normalized spacial score (nSPS) is 19.1. The van der Waals surface area contributed by atoms with E-state index in [4.69, 9.17) is 0 Å². The summed E-state index contributed by atoms with van der Waals surface area (Å²) in [5, 5.41) is 3.70. The first kappa shape index (κ1) is 13.7. The Morgan fingerprint density at radius 3 is 2.84 bits per heavy atom. The summed E-state index contributed by atoms with van der Waals surface area (Å²) in [4.78, 5) is 7.00. The average Bonchev–Trinajstić information content (AvgIpc) is 2.98. The maximum absolute atomic E-state index is 4.16. The first-order valence-corrected chi connectivity index (χ1v) is 9.06. The highest BCUT2D eigenvalue weighted by Gasteiger charge is 2.39. The van der Waals surface area contributed by atoms with Gasteiger partial charge in [-0.05, 0) is 47.8 Å². The van der Waals surface area contributed by atoms with Crippen LogP contribution in [0.15, 0.2) is 27.6 Å². The third-order valence-corrected chi connectivity index (χ3v) is 6.86. The molecule has 0 radical (unpaired) electrons. The lowest BCUT2D eigenvalue weighted by molar-refractivity contribution is 0.232. The minimum absolute atomic E-state index is 0.371. The lowest BCUT2D eigenvalue weighted by atomic mass is 9.67. The molecular formula is C14H17BrN2S2. The molecule has 0 spiro atoms. The molecule has 102 valence electrons. The van der Waals surface area contributed by atoms with E-state index in [1.807, 2.05) is 23.0 Å². The van der Waals surface area contributed by atoms with Crippen LogP contribution in [0.3, 0.4) is 0 Å². The van der Waals surface area contributed by atoms with E-state index in [0.717, 1.165) is 6.54 Å². The van der Waals surface area contributed by atoms with E-state index in [1.54, 1.807) is 11.3 Å². The van der Waals surface area contributed by atoms with E-state index in [1.165, 1.54) is 32.8 Å². The van der Waals surface area contributed by atoms with Crippen molar-refractivity contribution in [3.63, 3.8) is 0 Å². The van der Waals surface area contributed by atoms with E-state index in [2.05, 4.69) is 45.3 Å². The molecule has 0 amide bonds. The molecule has 5 heteroatoms. The van der Waals surface area contributed by atoms with Crippen molar-refractivity contribution in [2.75, 3.05) is 6.54 Å². The van der Waals surface area contributed by atoms with Gasteiger partial charge in [-0.1, -0.05) is 6.42 Å². The second-order valence-corrected chi connectivity index (χ2v) is 8.62. The average molecular weight is 357 g/mol. The van der Waals surface area contributed by atoms with Crippen molar-refractivity contribution >= 4 is 38.6 Å². The highest BCUT2D eigenvalue weighted by Crippen LogP contribution is 2.46. The fourth-order valence-corrected chi connectivity index (χ4v) is 4.88. The van der Waals surface area contributed by atoms with Crippen LogP contribution in [-0.4, -0.2) is 11.5 Å². The first-order chi connectivity index (χ1) is 9.20. The summed E-state index contributed by atoms with van der Waals surface area (Å²) >= 11 is 7.20. The molecule has 1 atom stereocenters. The zero-order valence-electron chi connectivity index (χ0n) is 10.9. The number of halogens is 1. The molecule has 0 aliphatic heterocycles. The Bertz CT molecular complexity index is 531. The second-order valence-electron chi connectivity index (χ2n) is 5.24. The molecule has 3 rings (SSSR count). The topological polar surface area (TPSA) is 24.9 Å². The molecular weight excluding hydrogens is 340 g/mol. The van der Waals surface area contributed by atoms with Gasteiger partial charge in [0.25, 0.3) is 0 Å². The molecule has 0 saturated heterocycles. The summed E-state index contributed by atoms with van der Waals surface area (Å²) in [6.45, 7) is 3.29. The van der Waals surface area contributed by atoms with Crippen molar-refractivity contribution < 1.29 is 0 Å². The Morgan fingerprint density at radius 2 is 2.32 bits per heavy atom. The third-order valence-electron chi connectivity index (χ3n) is 4.03. The number of thiazole rings is 1. The summed E-state index contributed by atoms with van der Waals surface area (Å²) in [7, 11) is 0. The molecule has 19 heavy (non-hydrogen) atoms. The van der Waals surface area contributed by atoms with Crippen molar-refractivity contribution in [2.45, 2.75) is 37.6 Å². The van der Waals surface area contributed by atoms with Gasteiger partial charge < -0.3 is 5.32 Å². The van der Waals surface area contributed by atoms with Crippen LogP contribution < -0.4 is 5.32 Å². The van der Waals surface area contributed by atoms with Crippen LogP contribution in [0.25, 0.3) is 0 Å². The Balaban J connectivity index is 1.67. The maximum Gasteiger partial charge on any atom is 0.0794 e. The Labute approximate surface area is 130 Å².